The third-order valence-electron chi connectivity index (χ3n) is 3.05. The number of hydrogen-bond acceptors (Lipinski definition) is 2. The van der Waals surface area contributed by atoms with Crippen LogP contribution in [0.5, 0.6) is 0 Å². The molecule has 0 N–H and O–H groups in total. The molecule has 3 rings (SSSR count). The van der Waals surface area contributed by atoms with Crippen LogP contribution in [0.1, 0.15) is 36.5 Å². The van der Waals surface area contributed by atoms with E-state index in [1.165, 1.54) is 0 Å². The van der Waals surface area contributed by atoms with Gasteiger partial charge in [0.25, 0.3) is 0 Å². The number of fused-ring (bicyclic) bond motifs is 3. The molecule has 0 aliphatic heterocycles. The van der Waals surface area contributed by atoms with Crippen molar-refractivity contribution in [2.75, 3.05) is 0 Å². The highest BCUT2D eigenvalue weighted by molar-refractivity contribution is 6.00. The van der Waals surface area contributed by atoms with Gasteiger partial charge in [-0.2, -0.15) is 0 Å². The number of hydrogen-bond donors (Lipinski definition) is 0. The van der Waals surface area contributed by atoms with E-state index in [4.69, 9.17) is 0 Å². The molecule has 0 spiro atoms. The summed E-state index contributed by atoms with van der Waals surface area (Å²) in [7, 11) is 0. The maximum atomic E-state index is 4.53. The Morgan fingerprint density at radius 1 is 1.05 bits per heavy atom. The molecule has 1 aromatic heterocycles. The molecule has 0 bridgehead atoms. The third kappa shape index (κ3) is 1.99. The van der Waals surface area contributed by atoms with Gasteiger partial charge < -0.3 is 0 Å². The summed E-state index contributed by atoms with van der Waals surface area (Å²) in [6.07, 6.45) is 1.77. The van der Waals surface area contributed by atoms with Crippen molar-refractivity contribution in [3.05, 3.63) is 60.1 Å². The first-order valence-corrected chi connectivity index (χ1v) is 6.52. The van der Waals surface area contributed by atoms with E-state index in [2.05, 4.69) is 35.3 Å². The molecule has 1 aromatic carbocycles. The summed E-state index contributed by atoms with van der Waals surface area (Å²) in [6, 6.07) is 8.18. The average Bonchev–Trinajstić information content (AvgIpc) is 2.74. The minimum atomic E-state index is 0.767. The van der Waals surface area contributed by atoms with E-state index in [1.54, 1.807) is 6.08 Å². The van der Waals surface area contributed by atoms with E-state index >= 15 is 0 Å². The van der Waals surface area contributed by atoms with E-state index in [0.29, 0.717) is 0 Å². The molecule has 1 heterocycles. The van der Waals surface area contributed by atoms with Crippen LogP contribution in [0, 0.1) is 6.92 Å². The molecule has 0 fully saturated rings. The van der Waals surface area contributed by atoms with Crippen molar-refractivity contribution in [1.29, 1.82) is 0 Å². The molecular weight excluding hydrogens is 232 g/mol. The largest absolute Gasteiger partial charge is 0.233 e. The molecule has 0 atom stereocenters. The van der Waals surface area contributed by atoms with Crippen LogP contribution in [0.3, 0.4) is 0 Å². The number of aromatic nitrogens is 2. The van der Waals surface area contributed by atoms with Gasteiger partial charge in [-0.15, -0.1) is 0 Å². The fourth-order valence-electron chi connectivity index (χ4n) is 2.32. The maximum Gasteiger partial charge on any atom is 0.126 e. The van der Waals surface area contributed by atoms with Gasteiger partial charge in [0.05, 0.1) is 11.4 Å². The van der Waals surface area contributed by atoms with Crippen molar-refractivity contribution >= 4 is 11.6 Å². The van der Waals surface area contributed by atoms with Gasteiger partial charge in [-0.05, 0) is 24.1 Å². The first-order chi connectivity index (χ1) is 9.22. The third-order valence-corrected chi connectivity index (χ3v) is 3.05. The average molecular weight is 250 g/mol. The van der Waals surface area contributed by atoms with Crippen LogP contribution in [0.15, 0.2) is 37.4 Å². The molecule has 0 radical (unpaired) electrons. The Bertz CT molecular complexity index is 654. The molecule has 0 saturated carbocycles. The highest BCUT2D eigenvalue weighted by atomic mass is 14.9. The Balaban J connectivity index is 0.000000637. The normalized spacial score (nSPS) is 11.2. The van der Waals surface area contributed by atoms with Crippen LogP contribution < -0.4 is 0 Å². The highest BCUT2D eigenvalue weighted by Gasteiger charge is 2.25. The molecule has 2 nitrogen and oxygen atoms in total. The lowest BCUT2D eigenvalue weighted by molar-refractivity contribution is 1.05. The van der Waals surface area contributed by atoms with Gasteiger partial charge in [0.2, 0.25) is 0 Å². The van der Waals surface area contributed by atoms with E-state index in [0.717, 1.165) is 39.5 Å². The predicted molar refractivity (Wildman–Crippen MR) is 81.8 cm³/mol. The van der Waals surface area contributed by atoms with Gasteiger partial charge in [-0.3, -0.25) is 0 Å². The Morgan fingerprint density at radius 2 is 1.68 bits per heavy atom. The van der Waals surface area contributed by atoms with Crippen LogP contribution in [0.4, 0.5) is 0 Å². The molecular formula is C17H18N2. The zero-order valence-electron chi connectivity index (χ0n) is 11.7. The predicted octanol–water partition coefficient (Wildman–Crippen LogP) is 4.50. The second-order valence-corrected chi connectivity index (χ2v) is 4.11. The van der Waals surface area contributed by atoms with Crippen molar-refractivity contribution < 1.29 is 0 Å². The van der Waals surface area contributed by atoms with Gasteiger partial charge in [0.15, 0.2) is 0 Å². The number of rotatable bonds is 1. The molecule has 2 aromatic rings. The van der Waals surface area contributed by atoms with Crippen LogP contribution >= 0.6 is 0 Å². The summed E-state index contributed by atoms with van der Waals surface area (Å²) in [5.74, 6) is 0.767. The van der Waals surface area contributed by atoms with Crippen molar-refractivity contribution in [1.82, 2.24) is 9.97 Å². The van der Waals surface area contributed by atoms with Crippen molar-refractivity contribution in [3.63, 3.8) is 0 Å². The molecule has 1 aliphatic carbocycles. The minimum Gasteiger partial charge on any atom is -0.233 e. The standard InChI is InChI=1S/C15H12N2.C2H6/c1-4-13-14-9(2)11-7-5-6-8-12(11)15(14)17-10(3)16-13;1-2/h4-8H,1-2H2,3H3;1-2H3. The van der Waals surface area contributed by atoms with Crippen LogP contribution in [-0.4, -0.2) is 9.97 Å². The van der Waals surface area contributed by atoms with E-state index < -0.39 is 0 Å². The van der Waals surface area contributed by atoms with E-state index in [9.17, 15) is 0 Å². The van der Waals surface area contributed by atoms with Crippen LogP contribution in [0.2, 0.25) is 0 Å². The van der Waals surface area contributed by atoms with Crippen LogP contribution in [-0.2, 0) is 0 Å². The summed E-state index contributed by atoms with van der Waals surface area (Å²) in [6.45, 7) is 13.9. The molecule has 0 saturated heterocycles. The zero-order valence-corrected chi connectivity index (χ0v) is 11.7. The molecule has 96 valence electrons. The van der Waals surface area contributed by atoms with E-state index in [-0.39, 0.29) is 0 Å². The first-order valence-electron chi connectivity index (χ1n) is 6.52. The second-order valence-electron chi connectivity index (χ2n) is 4.11. The van der Waals surface area contributed by atoms with Crippen LogP contribution in [0.25, 0.3) is 22.9 Å². The Labute approximate surface area is 114 Å². The molecule has 2 heteroatoms. The summed E-state index contributed by atoms with van der Waals surface area (Å²) in [5.41, 5.74) is 6.14. The first kappa shape index (κ1) is 13.2. The fourth-order valence-corrected chi connectivity index (χ4v) is 2.32. The minimum absolute atomic E-state index is 0.767. The second kappa shape index (κ2) is 5.19. The van der Waals surface area contributed by atoms with Gasteiger partial charge >= 0.3 is 0 Å². The SMILES string of the molecule is C=Cc1nc(C)nc2c1C(=C)c1ccccc1-2.CC. The Kier molecular flexibility index (Phi) is 3.61. The smallest absolute Gasteiger partial charge is 0.126 e. The molecule has 19 heavy (non-hydrogen) atoms. The van der Waals surface area contributed by atoms with Crippen molar-refractivity contribution in [2.45, 2.75) is 20.8 Å². The monoisotopic (exact) mass is 250 g/mol. The lowest BCUT2D eigenvalue weighted by Crippen LogP contribution is -1.97. The summed E-state index contributed by atoms with van der Waals surface area (Å²) in [4.78, 5) is 8.94. The zero-order chi connectivity index (χ0) is 14.0. The Morgan fingerprint density at radius 3 is 2.32 bits per heavy atom. The summed E-state index contributed by atoms with van der Waals surface area (Å²) < 4.78 is 0. The fraction of sp³-hybridized carbons (Fsp3) is 0.176. The molecule has 0 unspecified atom stereocenters. The lowest BCUT2D eigenvalue weighted by Gasteiger charge is -2.05. The summed E-state index contributed by atoms with van der Waals surface area (Å²) in [5, 5.41) is 0. The lowest BCUT2D eigenvalue weighted by atomic mass is 10.1. The quantitative estimate of drug-likeness (QED) is 0.635. The molecule has 1 aliphatic rings. The van der Waals surface area contributed by atoms with Crippen molar-refractivity contribution in [3.8, 4) is 11.3 Å². The number of aryl methyl sites for hydroxylation is 1. The summed E-state index contributed by atoms with van der Waals surface area (Å²) >= 11 is 0. The Hall–Kier alpha value is -2.22. The van der Waals surface area contributed by atoms with E-state index in [1.807, 2.05) is 32.9 Å². The maximum absolute atomic E-state index is 4.53. The van der Waals surface area contributed by atoms with Gasteiger partial charge in [-0.1, -0.05) is 51.3 Å². The van der Waals surface area contributed by atoms with Gasteiger partial charge in [0.1, 0.15) is 5.82 Å². The molecule has 0 amide bonds. The van der Waals surface area contributed by atoms with Gasteiger partial charge in [-0.25, -0.2) is 9.97 Å². The topological polar surface area (TPSA) is 25.8 Å². The number of benzene rings is 1. The highest BCUT2D eigenvalue weighted by Crippen LogP contribution is 2.43. The van der Waals surface area contributed by atoms with Gasteiger partial charge in [0, 0.05) is 11.1 Å². The van der Waals surface area contributed by atoms with Crippen molar-refractivity contribution in [2.24, 2.45) is 0 Å². The number of nitrogens with zero attached hydrogens (tertiary/aromatic N) is 2.